The molecule has 0 nitrogen and oxygen atoms in total. The minimum absolute atomic E-state index is 0.404. The quantitative estimate of drug-likeness (QED) is 0.675. The molecule has 78 valence electrons. The van der Waals surface area contributed by atoms with E-state index in [9.17, 15) is 0 Å². The van der Waals surface area contributed by atoms with E-state index in [2.05, 4.69) is 46.3 Å². The van der Waals surface area contributed by atoms with Crippen molar-refractivity contribution < 1.29 is 0 Å². The van der Waals surface area contributed by atoms with Gasteiger partial charge in [0.15, 0.2) is 0 Å². The summed E-state index contributed by atoms with van der Waals surface area (Å²) in [6.45, 7) is 0. The molecule has 0 N–H and O–H groups in total. The van der Waals surface area contributed by atoms with Crippen molar-refractivity contribution in [3.05, 3.63) is 33.1 Å². The summed E-state index contributed by atoms with van der Waals surface area (Å²) in [6, 6.07) is 6.62. The third-order valence-electron chi connectivity index (χ3n) is 3.72. The maximum atomic E-state index is 3.54. The van der Waals surface area contributed by atoms with Gasteiger partial charge in [-0.1, -0.05) is 53.4 Å². The average molecular weight is 263 g/mol. The van der Waals surface area contributed by atoms with Crippen molar-refractivity contribution in [3.8, 4) is 0 Å². The van der Waals surface area contributed by atoms with Crippen LogP contribution in [-0.4, -0.2) is 0 Å². The molecule has 0 bridgehead atoms. The summed E-state index contributed by atoms with van der Waals surface area (Å²) < 4.78 is 1.19. The van der Waals surface area contributed by atoms with E-state index < -0.39 is 0 Å². The van der Waals surface area contributed by atoms with Gasteiger partial charge in [0.2, 0.25) is 0 Å². The van der Waals surface area contributed by atoms with Gasteiger partial charge in [-0.2, -0.15) is 0 Å². The molecular weight excluding hydrogens is 248 g/mol. The van der Waals surface area contributed by atoms with Crippen molar-refractivity contribution in [3.63, 3.8) is 0 Å². The summed E-state index contributed by atoms with van der Waals surface area (Å²) in [4.78, 5) is 0. The fourth-order valence-electron chi connectivity index (χ4n) is 2.96. The second-order valence-electron chi connectivity index (χ2n) is 4.86. The standard InChI is InChI=1S/C14H15Br/c15-13-5-4-11-9-14(10-12(11)8-13)6-2-1-3-7-14/h4-5,8-10H,1-3,6-7H2. The maximum Gasteiger partial charge on any atom is 0.0181 e. The minimum Gasteiger partial charge on any atom is -0.0666 e. The molecule has 0 aromatic heterocycles. The van der Waals surface area contributed by atoms with E-state index in [0.29, 0.717) is 5.41 Å². The monoisotopic (exact) mass is 262 g/mol. The molecule has 0 heterocycles. The molecule has 1 aromatic rings. The van der Waals surface area contributed by atoms with Gasteiger partial charge in [-0.15, -0.1) is 0 Å². The van der Waals surface area contributed by atoms with Crippen molar-refractivity contribution in [2.45, 2.75) is 32.1 Å². The second kappa shape index (κ2) is 3.48. The highest BCUT2D eigenvalue weighted by Gasteiger charge is 2.29. The second-order valence-corrected chi connectivity index (χ2v) is 5.77. The average Bonchev–Trinajstić information content (AvgIpc) is 2.56. The zero-order valence-electron chi connectivity index (χ0n) is 8.80. The SMILES string of the molecule is Brc1ccc2c(c1)=CC1(C=2)CCCCC1. The molecule has 0 amide bonds. The van der Waals surface area contributed by atoms with Gasteiger partial charge in [0.05, 0.1) is 0 Å². The lowest BCUT2D eigenvalue weighted by Gasteiger charge is -2.29. The highest BCUT2D eigenvalue weighted by atomic mass is 79.9. The Kier molecular flexibility index (Phi) is 2.24. The largest absolute Gasteiger partial charge is 0.0666 e. The molecule has 1 spiro atoms. The number of halogens is 1. The maximum absolute atomic E-state index is 3.54. The number of benzene rings is 1. The van der Waals surface area contributed by atoms with E-state index in [1.54, 1.807) is 0 Å². The van der Waals surface area contributed by atoms with Crippen LogP contribution in [-0.2, 0) is 0 Å². The summed E-state index contributed by atoms with van der Waals surface area (Å²) in [5.74, 6) is 0. The van der Waals surface area contributed by atoms with E-state index in [0.717, 1.165) is 0 Å². The lowest BCUT2D eigenvalue weighted by molar-refractivity contribution is 0.369. The Bertz CT molecular complexity index is 493. The first kappa shape index (κ1) is 9.65. The van der Waals surface area contributed by atoms with Crippen LogP contribution >= 0.6 is 15.9 Å². The molecular formula is C14H15Br. The molecule has 0 atom stereocenters. The van der Waals surface area contributed by atoms with Crippen LogP contribution in [0.5, 0.6) is 0 Å². The lowest BCUT2D eigenvalue weighted by atomic mass is 9.75. The molecule has 0 radical (unpaired) electrons. The fraction of sp³-hybridized carbons (Fsp3) is 0.429. The van der Waals surface area contributed by atoms with Gasteiger partial charge < -0.3 is 0 Å². The summed E-state index contributed by atoms with van der Waals surface area (Å²) in [7, 11) is 0. The zero-order chi connectivity index (χ0) is 10.3. The number of hydrogen-bond donors (Lipinski definition) is 0. The van der Waals surface area contributed by atoms with Crippen molar-refractivity contribution in [2.24, 2.45) is 5.41 Å². The Balaban J connectivity index is 2.12. The predicted molar refractivity (Wildman–Crippen MR) is 67.8 cm³/mol. The number of rotatable bonds is 0. The van der Waals surface area contributed by atoms with Gasteiger partial charge in [0.25, 0.3) is 0 Å². The molecule has 0 saturated heterocycles. The van der Waals surface area contributed by atoms with Gasteiger partial charge in [-0.25, -0.2) is 0 Å². The van der Waals surface area contributed by atoms with Crippen LogP contribution < -0.4 is 10.4 Å². The van der Waals surface area contributed by atoms with Crippen molar-refractivity contribution in [1.82, 2.24) is 0 Å². The van der Waals surface area contributed by atoms with Gasteiger partial charge in [-0.05, 0) is 35.4 Å². The van der Waals surface area contributed by atoms with Crippen LogP contribution in [0.4, 0.5) is 0 Å². The molecule has 1 fully saturated rings. The fourth-order valence-corrected chi connectivity index (χ4v) is 3.34. The third kappa shape index (κ3) is 1.67. The molecule has 1 heteroatoms. The van der Waals surface area contributed by atoms with Crippen molar-refractivity contribution in [1.29, 1.82) is 0 Å². The van der Waals surface area contributed by atoms with E-state index in [4.69, 9.17) is 0 Å². The first-order valence-corrected chi connectivity index (χ1v) is 6.58. The first-order valence-electron chi connectivity index (χ1n) is 5.79. The topological polar surface area (TPSA) is 0 Å². The molecule has 2 aliphatic carbocycles. The van der Waals surface area contributed by atoms with Crippen LogP contribution in [0.3, 0.4) is 0 Å². The molecule has 0 unspecified atom stereocenters. The lowest BCUT2D eigenvalue weighted by Crippen LogP contribution is -2.19. The highest BCUT2D eigenvalue weighted by molar-refractivity contribution is 9.10. The minimum atomic E-state index is 0.404. The molecule has 1 saturated carbocycles. The Labute approximate surface area is 98.8 Å². The van der Waals surface area contributed by atoms with Crippen molar-refractivity contribution >= 4 is 28.1 Å². The van der Waals surface area contributed by atoms with E-state index in [1.807, 2.05) is 0 Å². The Morgan fingerprint density at radius 2 is 1.67 bits per heavy atom. The van der Waals surface area contributed by atoms with Gasteiger partial charge in [0, 0.05) is 9.89 Å². The van der Waals surface area contributed by atoms with Crippen LogP contribution in [0.15, 0.2) is 22.7 Å². The van der Waals surface area contributed by atoms with Gasteiger partial charge in [-0.3, -0.25) is 0 Å². The Morgan fingerprint density at radius 1 is 0.933 bits per heavy atom. The van der Waals surface area contributed by atoms with Crippen LogP contribution in [0.1, 0.15) is 32.1 Å². The Morgan fingerprint density at radius 3 is 2.47 bits per heavy atom. The van der Waals surface area contributed by atoms with E-state index in [1.165, 1.54) is 47.0 Å². The van der Waals surface area contributed by atoms with Crippen LogP contribution in [0.2, 0.25) is 0 Å². The van der Waals surface area contributed by atoms with Crippen LogP contribution in [0.25, 0.3) is 12.2 Å². The molecule has 0 aliphatic heterocycles. The zero-order valence-corrected chi connectivity index (χ0v) is 10.4. The number of hydrogen-bond acceptors (Lipinski definition) is 0. The smallest absolute Gasteiger partial charge is 0.0181 e. The van der Waals surface area contributed by atoms with Crippen molar-refractivity contribution in [2.75, 3.05) is 0 Å². The molecule has 1 aromatic carbocycles. The summed E-state index contributed by atoms with van der Waals surface area (Å²) in [5, 5.41) is 2.85. The third-order valence-corrected chi connectivity index (χ3v) is 4.21. The van der Waals surface area contributed by atoms with Gasteiger partial charge in [0.1, 0.15) is 0 Å². The molecule has 3 rings (SSSR count). The summed E-state index contributed by atoms with van der Waals surface area (Å²) in [6.07, 6.45) is 11.9. The summed E-state index contributed by atoms with van der Waals surface area (Å²) >= 11 is 3.54. The first-order chi connectivity index (χ1) is 7.27. The van der Waals surface area contributed by atoms with Gasteiger partial charge >= 0.3 is 0 Å². The van der Waals surface area contributed by atoms with E-state index >= 15 is 0 Å². The molecule has 15 heavy (non-hydrogen) atoms. The Hall–Kier alpha value is -0.560. The van der Waals surface area contributed by atoms with E-state index in [-0.39, 0.29) is 0 Å². The normalized spacial score (nSPS) is 21.9. The molecule has 2 aliphatic rings. The summed E-state index contributed by atoms with van der Waals surface area (Å²) in [5.41, 5.74) is 0.404. The van der Waals surface area contributed by atoms with Crippen LogP contribution in [0, 0.1) is 5.41 Å². The number of fused-ring (bicyclic) bond motifs is 1. The highest BCUT2D eigenvalue weighted by Crippen LogP contribution is 2.40. The predicted octanol–water partition coefficient (Wildman–Crippen LogP) is 2.97.